The van der Waals surface area contributed by atoms with Crippen molar-refractivity contribution in [2.24, 2.45) is 11.7 Å². The highest BCUT2D eigenvalue weighted by Crippen LogP contribution is 2.15. The summed E-state index contributed by atoms with van der Waals surface area (Å²) in [6.45, 7) is 8.75. The number of nitrogens with one attached hydrogen (secondary N) is 1. The van der Waals surface area contributed by atoms with Gasteiger partial charge in [0.15, 0.2) is 0 Å². The summed E-state index contributed by atoms with van der Waals surface area (Å²) >= 11 is 0. The van der Waals surface area contributed by atoms with E-state index in [9.17, 15) is 0 Å². The average Bonchev–Trinajstić information content (AvgIpc) is 2.36. The van der Waals surface area contributed by atoms with Crippen LogP contribution in [0.4, 0.5) is 0 Å². The minimum atomic E-state index is 0.478. The largest absolute Gasteiger partial charge is 0.494 e. The third-order valence-corrected chi connectivity index (χ3v) is 3.05. The summed E-state index contributed by atoms with van der Waals surface area (Å²) in [5.74, 6) is 1.54. The summed E-state index contributed by atoms with van der Waals surface area (Å²) in [6, 6.07) is 8.85. The van der Waals surface area contributed by atoms with E-state index in [0.717, 1.165) is 18.7 Å². The standard InChI is InChI=1S/C15H26N2O/c1-4-18-14-7-5-13(6-8-14)11-15(12(2)3)17-10-9-16/h5-8,12,15,17H,4,9-11,16H2,1-3H3. The summed E-state index contributed by atoms with van der Waals surface area (Å²) in [7, 11) is 0. The molecule has 1 unspecified atom stereocenters. The normalized spacial score (nSPS) is 12.7. The number of rotatable bonds is 8. The van der Waals surface area contributed by atoms with Crippen molar-refractivity contribution in [3.8, 4) is 5.75 Å². The molecule has 3 heteroatoms. The second-order valence-electron chi connectivity index (χ2n) is 4.87. The highest BCUT2D eigenvalue weighted by atomic mass is 16.5. The molecule has 0 heterocycles. The van der Waals surface area contributed by atoms with E-state index < -0.39 is 0 Å². The zero-order chi connectivity index (χ0) is 13.4. The zero-order valence-electron chi connectivity index (χ0n) is 11.8. The molecular weight excluding hydrogens is 224 g/mol. The molecule has 1 atom stereocenters. The van der Waals surface area contributed by atoms with Gasteiger partial charge in [0.05, 0.1) is 6.61 Å². The van der Waals surface area contributed by atoms with Gasteiger partial charge in [-0.05, 0) is 37.0 Å². The Hall–Kier alpha value is -1.06. The van der Waals surface area contributed by atoms with Gasteiger partial charge in [0.2, 0.25) is 0 Å². The molecule has 3 N–H and O–H groups in total. The van der Waals surface area contributed by atoms with Gasteiger partial charge in [-0.2, -0.15) is 0 Å². The van der Waals surface area contributed by atoms with Gasteiger partial charge in [0.25, 0.3) is 0 Å². The van der Waals surface area contributed by atoms with Crippen molar-refractivity contribution in [2.45, 2.75) is 33.2 Å². The molecule has 0 bridgehead atoms. The van der Waals surface area contributed by atoms with Crippen molar-refractivity contribution in [3.63, 3.8) is 0 Å². The van der Waals surface area contributed by atoms with Gasteiger partial charge in [0.1, 0.15) is 5.75 Å². The molecule has 18 heavy (non-hydrogen) atoms. The van der Waals surface area contributed by atoms with E-state index >= 15 is 0 Å². The molecule has 0 aliphatic heterocycles. The van der Waals surface area contributed by atoms with Gasteiger partial charge in [-0.15, -0.1) is 0 Å². The van der Waals surface area contributed by atoms with E-state index in [1.54, 1.807) is 0 Å². The lowest BCUT2D eigenvalue weighted by Crippen LogP contribution is -2.38. The van der Waals surface area contributed by atoms with Crippen LogP contribution in [0.2, 0.25) is 0 Å². The Morgan fingerprint density at radius 1 is 1.22 bits per heavy atom. The van der Waals surface area contributed by atoms with Crippen molar-refractivity contribution in [3.05, 3.63) is 29.8 Å². The lowest BCUT2D eigenvalue weighted by Gasteiger charge is -2.22. The van der Waals surface area contributed by atoms with Crippen LogP contribution in [-0.4, -0.2) is 25.7 Å². The maximum absolute atomic E-state index is 5.54. The minimum absolute atomic E-state index is 0.478. The van der Waals surface area contributed by atoms with E-state index in [1.165, 1.54) is 5.56 Å². The van der Waals surface area contributed by atoms with Gasteiger partial charge in [-0.1, -0.05) is 26.0 Å². The van der Waals surface area contributed by atoms with E-state index in [0.29, 0.717) is 25.1 Å². The molecular formula is C15H26N2O. The van der Waals surface area contributed by atoms with Crippen molar-refractivity contribution < 1.29 is 4.74 Å². The molecule has 0 radical (unpaired) electrons. The Balaban J connectivity index is 2.57. The third kappa shape index (κ3) is 5.07. The SMILES string of the molecule is CCOc1ccc(CC(NCCN)C(C)C)cc1. The molecule has 0 saturated heterocycles. The first-order chi connectivity index (χ1) is 8.67. The van der Waals surface area contributed by atoms with E-state index in [1.807, 2.05) is 19.1 Å². The minimum Gasteiger partial charge on any atom is -0.494 e. The Bertz CT molecular complexity index is 322. The van der Waals surface area contributed by atoms with Crippen molar-refractivity contribution >= 4 is 0 Å². The fraction of sp³-hybridized carbons (Fsp3) is 0.600. The molecule has 0 aromatic heterocycles. The topological polar surface area (TPSA) is 47.3 Å². The third-order valence-electron chi connectivity index (χ3n) is 3.05. The molecule has 102 valence electrons. The predicted octanol–water partition coefficient (Wildman–Crippen LogP) is 2.20. The first-order valence-electron chi connectivity index (χ1n) is 6.82. The number of benzene rings is 1. The molecule has 1 rings (SSSR count). The van der Waals surface area contributed by atoms with E-state index in [4.69, 9.17) is 10.5 Å². The second kappa shape index (κ2) is 8.11. The maximum Gasteiger partial charge on any atom is 0.119 e. The Kier molecular flexibility index (Phi) is 6.76. The molecule has 0 saturated carbocycles. The Morgan fingerprint density at radius 2 is 1.89 bits per heavy atom. The summed E-state index contributed by atoms with van der Waals surface area (Å²) in [5.41, 5.74) is 6.88. The first kappa shape index (κ1) is 15.0. The van der Waals surface area contributed by atoms with Crippen LogP contribution in [0.1, 0.15) is 26.3 Å². The van der Waals surface area contributed by atoms with Crippen molar-refractivity contribution in [1.82, 2.24) is 5.32 Å². The van der Waals surface area contributed by atoms with E-state index in [-0.39, 0.29) is 0 Å². The van der Waals surface area contributed by atoms with Crippen LogP contribution >= 0.6 is 0 Å². The predicted molar refractivity (Wildman–Crippen MR) is 77.0 cm³/mol. The van der Waals surface area contributed by atoms with Gasteiger partial charge >= 0.3 is 0 Å². The second-order valence-corrected chi connectivity index (χ2v) is 4.87. The maximum atomic E-state index is 5.54. The Labute approximate surface area is 111 Å². The molecule has 1 aromatic rings. The molecule has 3 nitrogen and oxygen atoms in total. The van der Waals surface area contributed by atoms with Gasteiger partial charge in [0, 0.05) is 19.1 Å². The van der Waals surface area contributed by atoms with Crippen LogP contribution in [0.3, 0.4) is 0 Å². The molecule has 0 aliphatic rings. The van der Waals surface area contributed by atoms with E-state index in [2.05, 4.69) is 31.3 Å². The molecule has 0 aliphatic carbocycles. The van der Waals surface area contributed by atoms with Crippen molar-refractivity contribution in [2.75, 3.05) is 19.7 Å². The summed E-state index contributed by atoms with van der Waals surface area (Å²) in [5, 5.41) is 3.50. The number of ether oxygens (including phenoxy) is 1. The fourth-order valence-electron chi connectivity index (χ4n) is 1.95. The quantitative estimate of drug-likeness (QED) is 0.743. The van der Waals surface area contributed by atoms with Crippen LogP contribution < -0.4 is 15.8 Å². The van der Waals surface area contributed by atoms with Gasteiger partial charge < -0.3 is 15.8 Å². The zero-order valence-corrected chi connectivity index (χ0v) is 11.8. The Morgan fingerprint density at radius 3 is 2.39 bits per heavy atom. The fourth-order valence-corrected chi connectivity index (χ4v) is 1.95. The van der Waals surface area contributed by atoms with Crippen LogP contribution in [0.5, 0.6) is 5.75 Å². The lowest BCUT2D eigenvalue weighted by atomic mass is 9.96. The van der Waals surface area contributed by atoms with Crippen LogP contribution in [0, 0.1) is 5.92 Å². The summed E-state index contributed by atoms with van der Waals surface area (Å²) in [6.07, 6.45) is 1.03. The summed E-state index contributed by atoms with van der Waals surface area (Å²) < 4.78 is 5.45. The monoisotopic (exact) mass is 250 g/mol. The molecule has 0 amide bonds. The molecule has 0 fully saturated rings. The van der Waals surface area contributed by atoms with Crippen LogP contribution in [0.25, 0.3) is 0 Å². The van der Waals surface area contributed by atoms with Gasteiger partial charge in [-0.25, -0.2) is 0 Å². The number of hydrogen-bond acceptors (Lipinski definition) is 3. The summed E-state index contributed by atoms with van der Waals surface area (Å²) in [4.78, 5) is 0. The lowest BCUT2D eigenvalue weighted by molar-refractivity contribution is 0.340. The van der Waals surface area contributed by atoms with Crippen LogP contribution in [0.15, 0.2) is 24.3 Å². The highest BCUT2D eigenvalue weighted by molar-refractivity contribution is 5.27. The number of nitrogens with two attached hydrogens (primary N) is 1. The molecule has 1 aromatic carbocycles. The average molecular weight is 250 g/mol. The highest BCUT2D eigenvalue weighted by Gasteiger charge is 2.12. The van der Waals surface area contributed by atoms with Crippen molar-refractivity contribution in [1.29, 1.82) is 0 Å². The van der Waals surface area contributed by atoms with Crippen LogP contribution in [-0.2, 0) is 6.42 Å². The number of hydrogen-bond donors (Lipinski definition) is 2. The first-order valence-corrected chi connectivity index (χ1v) is 6.82. The smallest absolute Gasteiger partial charge is 0.119 e. The molecule has 0 spiro atoms. The van der Waals surface area contributed by atoms with Gasteiger partial charge in [-0.3, -0.25) is 0 Å².